The van der Waals surface area contributed by atoms with Crippen molar-refractivity contribution in [2.24, 2.45) is 0 Å². The fourth-order valence-corrected chi connectivity index (χ4v) is 2.84. The second-order valence-electron chi connectivity index (χ2n) is 6.92. The van der Waals surface area contributed by atoms with Crippen LogP contribution >= 0.6 is 0 Å². The van der Waals surface area contributed by atoms with E-state index in [4.69, 9.17) is 9.84 Å². The van der Waals surface area contributed by atoms with Crippen LogP contribution in [0.3, 0.4) is 0 Å². The molecule has 0 aromatic rings. The first-order chi connectivity index (χ1) is 13.4. The lowest BCUT2D eigenvalue weighted by atomic mass is 10.0. The Morgan fingerprint density at radius 3 is 2.54 bits per heavy atom. The number of carboxylic acids is 1. The molecule has 1 saturated heterocycles. The van der Waals surface area contributed by atoms with Crippen molar-refractivity contribution in [1.29, 1.82) is 0 Å². The Morgan fingerprint density at radius 2 is 1.82 bits per heavy atom. The van der Waals surface area contributed by atoms with Gasteiger partial charge in [0.25, 0.3) is 0 Å². The standard InChI is InChI=1S/C22H34O6/c1-2-3-8-12-18(24)21-16-19(25)20(28-21)15-14-17(23)11-9-6-4-5-7-10-13-22(26)27/h3,5-9,14-15,17-21,23-25H,2,4,10-13,16H2,1H3,(H,26,27)/b7-5-,8-3-,9-6-,15-14+/t17-,18-,19-,20-,21-/m1/s1. The minimum atomic E-state index is -0.805. The second-order valence-corrected chi connectivity index (χ2v) is 6.92. The second kappa shape index (κ2) is 14.3. The van der Waals surface area contributed by atoms with Crippen LogP contribution in [0.25, 0.3) is 0 Å². The summed E-state index contributed by atoms with van der Waals surface area (Å²) < 4.78 is 5.71. The third-order valence-electron chi connectivity index (χ3n) is 4.42. The van der Waals surface area contributed by atoms with Gasteiger partial charge in [-0.05, 0) is 32.1 Å². The van der Waals surface area contributed by atoms with Crippen molar-refractivity contribution in [3.8, 4) is 0 Å². The number of rotatable bonds is 13. The van der Waals surface area contributed by atoms with Crippen LogP contribution in [0, 0.1) is 0 Å². The first-order valence-corrected chi connectivity index (χ1v) is 9.98. The van der Waals surface area contributed by atoms with Gasteiger partial charge in [-0.2, -0.15) is 0 Å². The zero-order chi connectivity index (χ0) is 20.8. The molecule has 1 aliphatic rings. The molecule has 6 heteroatoms. The lowest BCUT2D eigenvalue weighted by molar-refractivity contribution is -0.136. The van der Waals surface area contributed by atoms with Gasteiger partial charge in [0.15, 0.2) is 0 Å². The monoisotopic (exact) mass is 394 g/mol. The number of aliphatic hydroxyl groups excluding tert-OH is 3. The first kappa shape index (κ1) is 24.3. The number of carbonyl (C=O) groups is 1. The van der Waals surface area contributed by atoms with Crippen LogP contribution in [0.2, 0.25) is 0 Å². The van der Waals surface area contributed by atoms with E-state index in [-0.39, 0.29) is 6.42 Å². The lowest BCUT2D eigenvalue weighted by Crippen LogP contribution is -2.25. The average Bonchev–Trinajstić information content (AvgIpc) is 3.03. The third kappa shape index (κ3) is 10.6. The van der Waals surface area contributed by atoms with Crippen molar-refractivity contribution < 1.29 is 30.0 Å². The smallest absolute Gasteiger partial charge is 0.303 e. The van der Waals surface area contributed by atoms with Crippen LogP contribution < -0.4 is 0 Å². The van der Waals surface area contributed by atoms with Gasteiger partial charge in [0.05, 0.1) is 24.4 Å². The molecule has 0 aliphatic carbocycles. The van der Waals surface area contributed by atoms with Crippen LogP contribution in [0.1, 0.15) is 51.9 Å². The number of aliphatic carboxylic acids is 1. The highest BCUT2D eigenvalue weighted by atomic mass is 16.5. The van der Waals surface area contributed by atoms with Gasteiger partial charge < -0.3 is 25.2 Å². The van der Waals surface area contributed by atoms with E-state index in [1.165, 1.54) is 0 Å². The van der Waals surface area contributed by atoms with Crippen molar-refractivity contribution >= 4 is 5.97 Å². The fourth-order valence-electron chi connectivity index (χ4n) is 2.84. The molecular weight excluding hydrogens is 360 g/mol. The summed E-state index contributed by atoms with van der Waals surface area (Å²) >= 11 is 0. The lowest BCUT2D eigenvalue weighted by Gasteiger charge is -2.16. The maximum absolute atomic E-state index is 10.4. The molecule has 0 amide bonds. The highest BCUT2D eigenvalue weighted by Gasteiger charge is 2.35. The third-order valence-corrected chi connectivity index (χ3v) is 4.42. The van der Waals surface area contributed by atoms with Crippen molar-refractivity contribution in [2.75, 3.05) is 0 Å². The van der Waals surface area contributed by atoms with Gasteiger partial charge in [-0.25, -0.2) is 0 Å². The molecule has 6 nitrogen and oxygen atoms in total. The number of allylic oxidation sites excluding steroid dienone is 4. The van der Waals surface area contributed by atoms with Gasteiger partial charge in [-0.15, -0.1) is 0 Å². The van der Waals surface area contributed by atoms with Crippen molar-refractivity contribution in [3.63, 3.8) is 0 Å². The molecule has 1 fully saturated rings. The Balaban J connectivity index is 2.29. The summed E-state index contributed by atoms with van der Waals surface area (Å²) in [5.74, 6) is -0.805. The van der Waals surface area contributed by atoms with E-state index >= 15 is 0 Å². The molecular formula is C22H34O6. The number of hydrogen-bond acceptors (Lipinski definition) is 5. The molecule has 28 heavy (non-hydrogen) atoms. The molecule has 0 saturated carbocycles. The highest BCUT2D eigenvalue weighted by molar-refractivity contribution is 5.66. The van der Waals surface area contributed by atoms with Crippen LogP contribution in [-0.2, 0) is 9.53 Å². The highest BCUT2D eigenvalue weighted by Crippen LogP contribution is 2.25. The Bertz CT molecular complexity index is 551. The molecule has 4 N–H and O–H groups in total. The number of carboxylic acid groups (broad SMARTS) is 1. The summed E-state index contributed by atoms with van der Waals surface area (Å²) in [5, 5.41) is 38.8. The van der Waals surface area contributed by atoms with Gasteiger partial charge in [0.1, 0.15) is 6.10 Å². The van der Waals surface area contributed by atoms with E-state index < -0.39 is 36.5 Å². The number of aliphatic hydroxyl groups is 3. The molecule has 0 aromatic heterocycles. The predicted octanol–water partition coefficient (Wildman–Crippen LogP) is 2.90. The molecule has 0 aromatic carbocycles. The zero-order valence-electron chi connectivity index (χ0n) is 16.6. The van der Waals surface area contributed by atoms with Crippen LogP contribution in [0.4, 0.5) is 0 Å². The van der Waals surface area contributed by atoms with Crippen LogP contribution in [-0.4, -0.2) is 56.9 Å². The van der Waals surface area contributed by atoms with Gasteiger partial charge in [0, 0.05) is 12.8 Å². The maximum atomic E-state index is 10.4. The van der Waals surface area contributed by atoms with Crippen molar-refractivity contribution in [3.05, 3.63) is 48.6 Å². The van der Waals surface area contributed by atoms with E-state index in [0.717, 1.165) is 6.42 Å². The topological polar surface area (TPSA) is 107 Å². The zero-order valence-corrected chi connectivity index (χ0v) is 16.6. The summed E-state index contributed by atoms with van der Waals surface area (Å²) in [6.45, 7) is 2.03. The normalized spacial score (nSPS) is 25.5. The summed E-state index contributed by atoms with van der Waals surface area (Å²) in [4.78, 5) is 10.4. The molecule has 1 heterocycles. The van der Waals surface area contributed by atoms with Gasteiger partial charge in [-0.3, -0.25) is 4.79 Å². The average molecular weight is 395 g/mol. The fraction of sp³-hybridized carbons (Fsp3) is 0.591. The van der Waals surface area contributed by atoms with E-state index in [1.807, 2.05) is 43.4 Å². The van der Waals surface area contributed by atoms with Crippen molar-refractivity contribution in [2.45, 2.75) is 82.4 Å². The summed E-state index contributed by atoms with van der Waals surface area (Å²) in [7, 11) is 0. The summed E-state index contributed by atoms with van der Waals surface area (Å²) in [5.41, 5.74) is 0. The van der Waals surface area contributed by atoms with Gasteiger partial charge >= 0.3 is 5.97 Å². The van der Waals surface area contributed by atoms with E-state index in [1.54, 1.807) is 12.2 Å². The Kier molecular flexibility index (Phi) is 12.4. The largest absolute Gasteiger partial charge is 0.481 e. The van der Waals surface area contributed by atoms with Crippen molar-refractivity contribution in [1.82, 2.24) is 0 Å². The molecule has 1 aliphatic heterocycles. The summed E-state index contributed by atoms with van der Waals surface area (Å²) in [6.07, 6.45) is 15.3. The molecule has 0 bridgehead atoms. The first-order valence-electron chi connectivity index (χ1n) is 9.98. The molecule has 0 spiro atoms. The van der Waals surface area contributed by atoms with E-state index in [9.17, 15) is 20.1 Å². The van der Waals surface area contributed by atoms with Crippen LogP contribution in [0.5, 0.6) is 0 Å². The molecule has 0 radical (unpaired) electrons. The Morgan fingerprint density at radius 1 is 1.11 bits per heavy atom. The predicted molar refractivity (Wildman–Crippen MR) is 109 cm³/mol. The Labute approximate surface area is 167 Å². The molecule has 1 rings (SSSR count). The van der Waals surface area contributed by atoms with E-state index in [0.29, 0.717) is 32.1 Å². The molecule has 5 atom stereocenters. The Hall–Kier alpha value is -1.73. The molecule has 158 valence electrons. The quantitative estimate of drug-likeness (QED) is 0.358. The van der Waals surface area contributed by atoms with Gasteiger partial charge in [0.2, 0.25) is 0 Å². The van der Waals surface area contributed by atoms with Crippen LogP contribution in [0.15, 0.2) is 48.6 Å². The van der Waals surface area contributed by atoms with Gasteiger partial charge in [-0.1, -0.05) is 55.5 Å². The van der Waals surface area contributed by atoms with E-state index in [2.05, 4.69) is 0 Å². The SMILES string of the molecule is CC/C=C\C[C@@H](O)[C@H]1C[C@@H](O)[C@@H](/C=C/[C@H](O)C/C=C\C/C=C\CCC(=O)O)O1. The minimum Gasteiger partial charge on any atom is -0.481 e. The minimum absolute atomic E-state index is 0.131. The summed E-state index contributed by atoms with van der Waals surface area (Å²) in [6, 6.07) is 0. The maximum Gasteiger partial charge on any atom is 0.303 e. The number of ether oxygens (including phenoxy) is 1. The molecule has 0 unspecified atom stereocenters. The number of hydrogen-bond donors (Lipinski definition) is 4.